The predicted molar refractivity (Wildman–Crippen MR) is 37.5 cm³/mol. The average molecular weight is 147 g/mol. The topological polar surface area (TPSA) is 46.2 Å². The zero-order valence-corrected chi connectivity index (χ0v) is 6.03. The van der Waals surface area contributed by atoms with Crippen LogP contribution in [0, 0.1) is 0 Å². The second-order valence-electron chi connectivity index (χ2n) is 1.35. The molecule has 0 radical (unpaired) electrons. The minimum Gasteiger partial charge on any atom is -0.358 e. The summed E-state index contributed by atoms with van der Waals surface area (Å²) >= 11 is 1.31. The van der Waals surface area contributed by atoms with Crippen LogP contribution in [0.25, 0.3) is 0 Å². The predicted octanol–water partition coefficient (Wildman–Crippen LogP) is -0.336. The van der Waals surface area contributed by atoms with Crippen molar-refractivity contribution < 1.29 is 9.59 Å². The molecule has 0 fully saturated rings. The second kappa shape index (κ2) is 5.62. The van der Waals surface area contributed by atoms with Crippen molar-refractivity contribution in [3.05, 3.63) is 0 Å². The minimum absolute atomic E-state index is 0.0400. The third-order valence-electron chi connectivity index (χ3n) is 0.698. The Morgan fingerprint density at radius 3 is 2.89 bits per heavy atom. The summed E-state index contributed by atoms with van der Waals surface area (Å²) in [6.07, 6.45) is 0.785. The number of thioether (sulfide) groups is 1. The van der Waals surface area contributed by atoms with E-state index in [4.69, 9.17) is 0 Å². The Morgan fingerprint density at radius 2 is 2.44 bits per heavy atom. The number of carbonyl (C=O) groups excluding carboxylic acids is 2. The molecule has 0 aliphatic heterocycles. The Hall–Kier alpha value is -0.510. The first-order chi connectivity index (χ1) is 4.31. The molecule has 4 heteroatoms. The van der Waals surface area contributed by atoms with E-state index >= 15 is 0 Å². The molecule has 0 saturated heterocycles. The molecule has 0 aromatic rings. The van der Waals surface area contributed by atoms with E-state index in [2.05, 4.69) is 5.32 Å². The van der Waals surface area contributed by atoms with Gasteiger partial charge in [0.1, 0.15) is 6.29 Å². The smallest absolute Gasteiger partial charge is 0.229 e. The summed E-state index contributed by atoms with van der Waals surface area (Å²) in [5.74, 6) is 0.727. The molecule has 3 nitrogen and oxygen atoms in total. The molecule has 0 spiro atoms. The van der Waals surface area contributed by atoms with Crippen LogP contribution in [0.15, 0.2) is 0 Å². The van der Waals surface area contributed by atoms with Crippen LogP contribution >= 0.6 is 11.8 Å². The van der Waals surface area contributed by atoms with E-state index in [9.17, 15) is 9.59 Å². The summed E-state index contributed by atoms with van der Waals surface area (Å²) in [6, 6.07) is 0. The van der Waals surface area contributed by atoms with Crippen LogP contribution in [0.1, 0.15) is 0 Å². The normalized spacial score (nSPS) is 8.56. The van der Waals surface area contributed by atoms with E-state index in [1.807, 2.05) is 0 Å². The van der Waals surface area contributed by atoms with Gasteiger partial charge in [-0.1, -0.05) is 0 Å². The van der Waals surface area contributed by atoms with Gasteiger partial charge in [0.2, 0.25) is 5.91 Å². The molecule has 1 amide bonds. The maximum Gasteiger partial charge on any atom is 0.229 e. The van der Waals surface area contributed by atoms with Crippen molar-refractivity contribution in [2.75, 3.05) is 18.6 Å². The fraction of sp³-hybridized carbons (Fsp3) is 0.600. The zero-order valence-electron chi connectivity index (χ0n) is 5.22. The Kier molecular flexibility index (Phi) is 5.30. The van der Waals surface area contributed by atoms with Crippen molar-refractivity contribution >= 4 is 24.0 Å². The number of hydrogen-bond donors (Lipinski definition) is 1. The number of aldehydes is 1. The van der Waals surface area contributed by atoms with E-state index < -0.39 is 0 Å². The molecule has 0 unspecified atom stereocenters. The van der Waals surface area contributed by atoms with E-state index in [0.717, 1.165) is 6.29 Å². The molecule has 52 valence electrons. The van der Waals surface area contributed by atoms with Gasteiger partial charge in [-0.15, -0.1) is 11.8 Å². The maximum atomic E-state index is 10.4. The van der Waals surface area contributed by atoms with Crippen molar-refractivity contribution in [1.29, 1.82) is 0 Å². The number of amides is 1. The van der Waals surface area contributed by atoms with Gasteiger partial charge in [-0.25, -0.2) is 0 Å². The molecule has 0 atom stereocenters. The average Bonchev–Trinajstić information content (AvgIpc) is 1.89. The molecule has 0 aliphatic carbocycles. The van der Waals surface area contributed by atoms with Crippen LogP contribution in [0.4, 0.5) is 0 Å². The molecule has 0 rings (SSSR count). The number of hydrogen-bond acceptors (Lipinski definition) is 3. The van der Waals surface area contributed by atoms with Crippen LogP contribution in [-0.4, -0.2) is 30.7 Å². The van der Waals surface area contributed by atoms with Crippen molar-refractivity contribution in [2.24, 2.45) is 0 Å². The van der Waals surface area contributed by atoms with E-state index in [0.29, 0.717) is 11.5 Å². The highest BCUT2D eigenvalue weighted by atomic mass is 32.2. The van der Waals surface area contributed by atoms with Crippen LogP contribution in [0.3, 0.4) is 0 Å². The standard InChI is InChI=1S/C5H9NO2S/c1-6-5(8)4-9-3-2-7/h2H,3-4H2,1H3,(H,6,8). The highest BCUT2D eigenvalue weighted by molar-refractivity contribution is 8.00. The summed E-state index contributed by atoms with van der Waals surface area (Å²) in [4.78, 5) is 20.2. The quantitative estimate of drug-likeness (QED) is 0.437. The number of rotatable bonds is 4. The van der Waals surface area contributed by atoms with Crippen molar-refractivity contribution in [3.8, 4) is 0 Å². The van der Waals surface area contributed by atoms with Crippen molar-refractivity contribution in [1.82, 2.24) is 5.32 Å². The Labute approximate surface area is 58.2 Å². The molecule has 0 aromatic carbocycles. The summed E-state index contributed by atoms with van der Waals surface area (Å²) in [6.45, 7) is 0. The van der Waals surface area contributed by atoms with Gasteiger partial charge in [-0.05, 0) is 0 Å². The van der Waals surface area contributed by atoms with Crippen LogP contribution in [-0.2, 0) is 9.59 Å². The van der Waals surface area contributed by atoms with Gasteiger partial charge in [0.15, 0.2) is 0 Å². The van der Waals surface area contributed by atoms with Gasteiger partial charge >= 0.3 is 0 Å². The highest BCUT2D eigenvalue weighted by Gasteiger charge is 1.94. The summed E-state index contributed by atoms with van der Waals surface area (Å²) in [5.41, 5.74) is 0. The highest BCUT2D eigenvalue weighted by Crippen LogP contribution is 1.94. The Morgan fingerprint density at radius 1 is 1.78 bits per heavy atom. The van der Waals surface area contributed by atoms with Gasteiger partial charge in [0.25, 0.3) is 0 Å². The number of carbonyl (C=O) groups is 2. The SMILES string of the molecule is CNC(=O)CSCC=O. The fourth-order valence-electron chi connectivity index (χ4n) is 0.272. The molecular weight excluding hydrogens is 138 g/mol. The molecule has 9 heavy (non-hydrogen) atoms. The molecule has 0 aliphatic rings. The second-order valence-corrected chi connectivity index (χ2v) is 2.39. The van der Waals surface area contributed by atoms with E-state index in [1.54, 1.807) is 7.05 Å². The Bertz CT molecular complexity index is 105. The van der Waals surface area contributed by atoms with Gasteiger partial charge in [-0.3, -0.25) is 4.79 Å². The van der Waals surface area contributed by atoms with E-state index in [-0.39, 0.29) is 5.91 Å². The van der Waals surface area contributed by atoms with Gasteiger partial charge in [0.05, 0.1) is 5.75 Å². The van der Waals surface area contributed by atoms with Crippen LogP contribution in [0.5, 0.6) is 0 Å². The minimum atomic E-state index is -0.0400. The summed E-state index contributed by atoms with van der Waals surface area (Å²) in [5, 5.41) is 2.45. The lowest BCUT2D eigenvalue weighted by Gasteiger charge is -1.93. The summed E-state index contributed by atoms with van der Waals surface area (Å²) in [7, 11) is 1.57. The summed E-state index contributed by atoms with van der Waals surface area (Å²) < 4.78 is 0. The van der Waals surface area contributed by atoms with Crippen LogP contribution in [0.2, 0.25) is 0 Å². The Balaban J connectivity index is 3.06. The zero-order chi connectivity index (χ0) is 7.11. The molecule has 0 heterocycles. The lowest BCUT2D eigenvalue weighted by atomic mass is 10.7. The van der Waals surface area contributed by atoms with Crippen LogP contribution < -0.4 is 5.32 Å². The first-order valence-electron chi connectivity index (χ1n) is 2.53. The molecular formula is C5H9NO2S. The first kappa shape index (κ1) is 8.49. The third kappa shape index (κ3) is 5.36. The van der Waals surface area contributed by atoms with Gasteiger partial charge in [-0.2, -0.15) is 0 Å². The lowest BCUT2D eigenvalue weighted by molar-refractivity contribution is -0.118. The molecule has 0 saturated carbocycles. The number of nitrogens with one attached hydrogen (secondary N) is 1. The van der Waals surface area contributed by atoms with Crippen molar-refractivity contribution in [3.63, 3.8) is 0 Å². The fourth-order valence-corrected chi connectivity index (χ4v) is 0.816. The molecule has 1 N–H and O–H groups in total. The first-order valence-corrected chi connectivity index (χ1v) is 3.68. The monoisotopic (exact) mass is 147 g/mol. The maximum absolute atomic E-state index is 10.4. The van der Waals surface area contributed by atoms with Gasteiger partial charge in [0, 0.05) is 12.8 Å². The lowest BCUT2D eigenvalue weighted by Crippen LogP contribution is -2.19. The van der Waals surface area contributed by atoms with Gasteiger partial charge < -0.3 is 10.1 Å². The largest absolute Gasteiger partial charge is 0.358 e. The third-order valence-corrected chi connectivity index (χ3v) is 1.54. The molecule has 0 bridgehead atoms. The van der Waals surface area contributed by atoms with Crippen molar-refractivity contribution in [2.45, 2.75) is 0 Å². The molecule has 0 aromatic heterocycles. The van der Waals surface area contributed by atoms with E-state index in [1.165, 1.54) is 11.8 Å².